The van der Waals surface area contributed by atoms with E-state index in [-0.39, 0.29) is 17.9 Å². The fourth-order valence-electron chi connectivity index (χ4n) is 2.02. The lowest BCUT2D eigenvalue weighted by molar-refractivity contribution is -0.124. The maximum Gasteiger partial charge on any atom is 0.338 e. The summed E-state index contributed by atoms with van der Waals surface area (Å²) < 4.78 is 18.3. The largest absolute Gasteiger partial charge is 0.452 e. The van der Waals surface area contributed by atoms with Crippen molar-refractivity contribution in [1.82, 2.24) is 5.32 Å². The Morgan fingerprint density at radius 2 is 1.96 bits per heavy atom. The van der Waals surface area contributed by atoms with E-state index in [0.29, 0.717) is 17.5 Å². The second-order valence-electron chi connectivity index (χ2n) is 4.96. The van der Waals surface area contributed by atoms with Gasteiger partial charge in [0.2, 0.25) is 0 Å². The molecule has 1 amide bonds. The van der Waals surface area contributed by atoms with Crippen molar-refractivity contribution in [1.29, 1.82) is 5.26 Å². The highest BCUT2D eigenvalue weighted by Crippen LogP contribution is 2.07. The van der Waals surface area contributed by atoms with Crippen LogP contribution < -0.4 is 5.32 Å². The van der Waals surface area contributed by atoms with E-state index in [1.165, 1.54) is 18.2 Å². The zero-order chi connectivity index (χ0) is 17.4. The minimum atomic E-state index is -0.684. The zero-order valence-electron chi connectivity index (χ0n) is 12.8. The molecule has 5 nitrogen and oxygen atoms in total. The minimum absolute atomic E-state index is 0.202. The molecule has 2 aromatic carbocycles. The molecule has 0 unspecified atom stereocenters. The first-order valence-electron chi connectivity index (χ1n) is 7.27. The number of hydrogen-bond acceptors (Lipinski definition) is 4. The summed E-state index contributed by atoms with van der Waals surface area (Å²) in [6, 6.07) is 14.2. The number of nitrogens with one attached hydrogen (secondary N) is 1. The number of nitriles is 1. The molecule has 0 aliphatic rings. The van der Waals surface area contributed by atoms with Crippen molar-refractivity contribution in [2.75, 3.05) is 13.2 Å². The van der Waals surface area contributed by atoms with Crippen molar-refractivity contribution in [2.24, 2.45) is 0 Å². The average Bonchev–Trinajstić information content (AvgIpc) is 2.61. The number of esters is 1. The Hall–Kier alpha value is -3.20. The molecule has 0 bridgehead atoms. The van der Waals surface area contributed by atoms with Crippen LogP contribution in [0.2, 0.25) is 0 Å². The van der Waals surface area contributed by atoms with Crippen molar-refractivity contribution in [3.05, 3.63) is 71.0 Å². The van der Waals surface area contributed by atoms with Crippen LogP contribution >= 0.6 is 0 Å². The van der Waals surface area contributed by atoms with Gasteiger partial charge < -0.3 is 10.1 Å². The number of carbonyl (C=O) groups excluding carboxylic acids is 2. The van der Waals surface area contributed by atoms with E-state index in [4.69, 9.17) is 10.00 Å². The van der Waals surface area contributed by atoms with Crippen molar-refractivity contribution >= 4 is 11.9 Å². The quantitative estimate of drug-likeness (QED) is 0.826. The van der Waals surface area contributed by atoms with Crippen LogP contribution in [0.5, 0.6) is 0 Å². The molecule has 122 valence electrons. The second-order valence-corrected chi connectivity index (χ2v) is 4.96. The molecule has 2 rings (SSSR count). The Labute approximate surface area is 138 Å². The molecule has 0 aromatic heterocycles. The third-order valence-electron chi connectivity index (χ3n) is 3.24. The third-order valence-corrected chi connectivity index (χ3v) is 3.24. The molecule has 0 atom stereocenters. The van der Waals surface area contributed by atoms with E-state index in [1.54, 1.807) is 30.3 Å². The van der Waals surface area contributed by atoms with Crippen molar-refractivity contribution in [3.63, 3.8) is 0 Å². The van der Waals surface area contributed by atoms with Gasteiger partial charge in [-0.05, 0) is 36.2 Å². The molecule has 0 radical (unpaired) electrons. The monoisotopic (exact) mass is 326 g/mol. The highest BCUT2D eigenvalue weighted by atomic mass is 19.1. The van der Waals surface area contributed by atoms with E-state index >= 15 is 0 Å². The molecule has 0 heterocycles. The van der Waals surface area contributed by atoms with Crippen LogP contribution in [0.15, 0.2) is 48.5 Å². The van der Waals surface area contributed by atoms with Crippen molar-refractivity contribution in [3.8, 4) is 6.07 Å². The number of carbonyl (C=O) groups is 2. The number of nitrogens with zero attached hydrogens (tertiary/aromatic N) is 1. The summed E-state index contributed by atoms with van der Waals surface area (Å²) in [6.45, 7) is -0.200. The maximum atomic E-state index is 13.4. The van der Waals surface area contributed by atoms with Gasteiger partial charge in [-0.25, -0.2) is 9.18 Å². The van der Waals surface area contributed by atoms with Crippen LogP contribution in [0, 0.1) is 17.1 Å². The predicted molar refractivity (Wildman–Crippen MR) is 84.6 cm³/mol. The first kappa shape index (κ1) is 17.2. The summed E-state index contributed by atoms with van der Waals surface area (Å²) in [4.78, 5) is 23.4. The summed E-state index contributed by atoms with van der Waals surface area (Å²) in [5, 5.41) is 11.3. The first-order valence-corrected chi connectivity index (χ1v) is 7.27. The molecule has 2 aromatic rings. The average molecular weight is 326 g/mol. The minimum Gasteiger partial charge on any atom is -0.452 e. The molecule has 0 fully saturated rings. The van der Waals surface area contributed by atoms with Gasteiger partial charge in [-0.1, -0.05) is 24.3 Å². The Morgan fingerprint density at radius 1 is 1.17 bits per heavy atom. The number of benzene rings is 2. The van der Waals surface area contributed by atoms with Gasteiger partial charge in [-0.15, -0.1) is 0 Å². The number of halogens is 1. The molecule has 0 saturated carbocycles. The summed E-state index contributed by atoms with van der Waals surface area (Å²) in [5.74, 6) is -1.48. The molecule has 0 saturated heterocycles. The lowest BCUT2D eigenvalue weighted by Crippen LogP contribution is -2.30. The molecular weight excluding hydrogens is 311 g/mol. The smallest absolute Gasteiger partial charge is 0.338 e. The maximum absolute atomic E-state index is 13.4. The summed E-state index contributed by atoms with van der Waals surface area (Å²) in [6.07, 6.45) is 0.344. The molecule has 24 heavy (non-hydrogen) atoms. The van der Waals surface area contributed by atoms with Crippen LogP contribution in [0.4, 0.5) is 4.39 Å². The number of amides is 1. The molecule has 6 heteroatoms. The number of hydrogen-bond donors (Lipinski definition) is 1. The second kappa shape index (κ2) is 8.44. The fourth-order valence-corrected chi connectivity index (χ4v) is 2.02. The first-order chi connectivity index (χ1) is 11.6. The van der Waals surface area contributed by atoms with E-state index in [0.717, 1.165) is 0 Å². The highest BCUT2D eigenvalue weighted by Gasteiger charge is 2.10. The van der Waals surface area contributed by atoms with Crippen LogP contribution in [0.1, 0.15) is 21.5 Å². The normalized spacial score (nSPS) is 9.83. The van der Waals surface area contributed by atoms with Gasteiger partial charge in [0.25, 0.3) is 5.91 Å². The Bertz CT molecular complexity index is 784. The lowest BCUT2D eigenvalue weighted by atomic mass is 10.1. The van der Waals surface area contributed by atoms with Crippen LogP contribution in [0.3, 0.4) is 0 Å². The van der Waals surface area contributed by atoms with Gasteiger partial charge in [-0.2, -0.15) is 5.26 Å². The number of rotatable bonds is 6. The van der Waals surface area contributed by atoms with Crippen LogP contribution in [0.25, 0.3) is 0 Å². The standard InChI is InChI=1S/C18H15FN2O3/c19-16-7-2-1-5-14(16)8-9-21-17(22)12-24-18(23)15-6-3-4-13(10-15)11-20/h1-7,10H,8-9,12H2,(H,21,22). The Balaban J connectivity index is 1.76. The van der Waals surface area contributed by atoms with Crippen LogP contribution in [-0.4, -0.2) is 25.0 Å². The summed E-state index contributed by atoms with van der Waals surface area (Å²) >= 11 is 0. The molecule has 1 N–H and O–H groups in total. The Kier molecular flexibility index (Phi) is 6.03. The highest BCUT2D eigenvalue weighted by molar-refractivity contribution is 5.91. The van der Waals surface area contributed by atoms with Gasteiger partial charge in [0, 0.05) is 6.54 Å². The molecule has 0 spiro atoms. The predicted octanol–water partition coefficient (Wildman–Crippen LogP) is 2.21. The van der Waals surface area contributed by atoms with E-state index in [2.05, 4.69) is 5.32 Å². The van der Waals surface area contributed by atoms with Gasteiger partial charge in [0.1, 0.15) is 5.82 Å². The molecule has 0 aliphatic heterocycles. The topological polar surface area (TPSA) is 79.2 Å². The lowest BCUT2D eigenvalue weighted by Gasteiger charge is -2.07. The summed E-state index contributed by atoms with van der Waals surface area (Å²) in [5.41, 5.74) is 1.04. The van der Waals surface area contributed by atoms with Crippen molar-refractivity contribution < 1.29 is 18.7 Å². The van der Waals surface area contributed by atoms with Gasteiger partial charge in [-0.3, -0.25) is 4.79 Å². The zero-order valence-corrected chi connectivity index (χ0v) is 12.8. The van der Waals surface area contributed by atoms with E-state index < -0.39 is 18.5 Å². The fraction of sp³-hybridized carbons (Fsp3) is 0.167. The molecule has 0 aliphatic carbocycles. The molecular formula is C18H15FN2O3. The van der Waals surface area contributed by atoms with Crippen LogP contribution in [-0.2, 0) is 16.0 Å². The SMILES string of the molecule is N#Cc1cccc(C(=O)OCC(=O)NCCc2ccccc2F)c1. The van der Waals surface area contributed by atoms with Gasteiger partial charge >= 0.3 is 5.97 Å². The summed E-state index contributed by atoms with van der Waals surface area (Å²) in [7, 11) is 0. The van der Waals surface area contributed by atoms with Gasteiger partial charge in [0.15, 0.2) is 6.61 Å². The third kappa shape index (κ3) is 4.92. The van der Waals surface area contributed by atoms with E-state index in [9.17, 15) is 14.0 Å². The van der Waals surface area contributed by atoms with Crippen molar-refractivity contribution in [2.45, 2.75) is 6.42 Å². The Morgan fingerprint density at radius 3 is 2.71 bits per heavy atom. The van der Waals surface area contributed by atoms with Gasteiger partial charge in [0.05, 0.1) is 17.2 Å². The van der Waals surface area contributed by atoms with E-state index in [1.807, 2.05) is 6.07 Å². The number of ether oxygens (including phenoxy) is 1.